The van der Waals surface area contributed by atoms with Crippen molar-refractivity contribution in [2.45, 2.75) is 256 Å². The Labute approximate surface area is 619 Å². The zero-order chi connectivity index (χ0) is 76.8. The lowest BCUT2D eigenvalue weighted by molar-refractivity contribution is -0.182. The third-order valence-electron chi connectivity index (χ3n) is 23.7. The van der Waals surface area contributed by atoms with E-state index in [1.165, 1.54) is 86.4 Å². The van der Waals surface area contributed by atoms with Crippen molar-refractivity contribution >= 4 is 82.5 Å². The average Bonchev–Trinajstić information content (AvgIpc) is 1.57. The van der Waals surface area contributed by atoms with Crippen molar-refractivity contribution in [2.75, 3.05) is 101 Å². The van der Waals surface area contributed by atoms with Crippen LogP contribution in [0.2, 0.25) is 0 Å². The van der Waals surface area contributed by atoms with Gasteiger partial charge in [0.2, 0.25) is 70.9 Å². The number of halogens is 4. The molecule has 29 heteroatoms. The lowest BCUT2D eigenvalue weighted by Crippen LogP contribution is -2.65. The van der Waals surface area contributed by atoms with E-state index in [1.54, 1.807) is 6.92 Å². The molecular formula is C75H122ClF3N12O13. The van der Waals surface area contributed by atoms with E-state index in [-0.39, 0.29) is 127 Å². The Morgan fingerprint density at radius 3 is 1.84 bits per heavy atom. The monoisotopic (exact) mass is 1490 g/mol. The third-order valence-corrected chi connectivity index (χ3v) is 24.2. The molecule has 3 aliphatic heterocycles. The third kappa shape index (κ3) is 21.7. The molecule has 4 aliphatic carbocycles. The second-order valence-electron chi connectivity index (χ2n) is 32.5. The molecule has 588 valence electrons. The van der Waals surface area contributed by atoms with E-state index < -0.39 is 174 Å². The summed E-state index contributed by atoms with van der Waals surface area (Å²) in [6.07, 6.45) is 3.52. The van der Waals surface area contributed by atoms with Crippen molar-refractivity contribution in [3.05, 3.63) is 0 Å². The maximum atomic E-state index is 15.7. The summed E-state index contributed by atoms with van der Waals surface area (Å²) in [5, 5.41) is 7.66. The highest BCUT2D eigenvalue weighted by molar-refractivity contribution is 6.21. The van der Waals surface area contributed by atoms with Gasteiger partial charge in [0.05, 0.1) is 45.2 Å². The van der Waals surface area contributed by atoms with Gasteiger partial charge < -0.3 is 64.8 Å². The van der Waals surface area contributed by atoms with Gasteiger partial charge in [0.15, 0.2) is 0 Å². The Hall–Kier alpha value is -6.32. The molecular weight excluding hydrogens is 1370 g/mol. The number of amides is 12. The molecule has 3 unspecified atom stereocenters. The molecule has 0 radical (unpaired) electrons. The summed E-state index contributed by atoms with van der Waals surface area (Å²) in [5.74, 6) is -10.4. The van der Waals surface area contributed by atoms with Gasteiger partial charge in [0, 0.05) is 73.8 Å². The standard InChI is InChI=1S/C75H122ClF3N12O13/c1-14-49(7)64-71(101)85(10)44-62(94)83(8)45-63(95)91(42-47(4)5)59(40-51-25-23-48(6)24-26-51)69(99)84(9)43-60(92)80-55(30-28-50-27-29-53(54(76)39-50)75(77,78)79)68(98)90-33-19-22-56(90)67(97)82-74(31-17-18-32-74)73(103)88(13)65(52-20-15-16-21-52)72(102)87(12)58(70(100)89-34-36-104-37-35-89)41-61(93)86(11)57(38-46(2)3)66(96)81-64/h46-59,64-65H,14-45H2,1-13H3,(H,80,92)(H,81,96)(H,82,97)/t48?,49-,50?,51?,53?,54?,55-,56-,57-,58-,59-,64-,65-/m0/s1. The van der Waals surface area contributed by atoms with E-state index in [9.17, 15) is 37.1 Å². The van der Waals surface area contributed by atoms with Crippen LogP contribution in [0.3, 0.4) is 0 Å². The highest BCUT2D eigenvalue weighted by atomic mass is 35.5. The number of hydrogen-bond acceptors (Lipinski definition) is 13. The molecule has 12 amide bonds. The summed E-state index contributed by atoms with van der Waals surface area (Å²) in [7, 11) is 8.63. The van der Waals surface area contributed by atoms with E-state index >= 15 is 33.6 Å². The van der Waals surface area contributed by atoms with E-state index in [1.807, 2.05) is 34.6 Å². The van der Waals surface area contributed by atoms with Gasteiger partial charge in [-0.2, -0.15) is 13.2 Å². The first kappa shape index (κ1) is 84.9. The zero-order valence-electron chi connectivity index (χ0n) is 64.2. The lowest BCUT2D eigenvalue weighted by atomic mass is 9.78. The van der Waals surface area contributed by atoms with E-state index in [0.717, 1.165) is 38.5 Å². The highest BCUT2D eigenvalue weighted by Crippen LogP contribution is 2.44. The van der Waals surface area contributed by atoms with Crippen LogP contribution in [0.1, 0.15) is 196 Å². The molecule has 0 aromatic heterocycles. The van der Waals surface area contributed by atoms with Gasteiger partial charge in [0.1, 0.15) is 47.8 Å². The minimum atomic E-state index is -4.51. The van der Waals surface area contributed by atoms with Crippen molar-refractivity contribution in [3.8, 4) is 0 Å². The quantitative estimate of drug-likeness (QED) is 0.173. The number of carbonyl (C=O) groups excluding carboxylic acids is 12. The Kier molecular flexibility index (Phi) is 31.0. The molecule has 0 aromatic rings. The van der Waals surface area contributed by atoms with Crippen molar-refractivity contribution < 1.29 is 75.4 Å². The Balaban J connectivity index is 1.29. The van der Waals surface area contributed by atoms with Crippen molar-refractivity contribution in [2.24, 2.45) is 47.3 Å². The minimum Gasteiger partial charge on any atom is -0.378 e. The first-order valence-corrected chi connectivity index (χ1v) is 39.0. The molecule has 3 heterocycles. The molecule has 7 fully saturated rings. The molecule has 0 bridgehead atoms. The molecule has 4 saturated carbocycles. The van der Waals surface area contributed by atoms with E-state index in [2.05, 4.69) is 22.9 Å². The fraction of sp³-hybridized carbons (Fsp3) is 0.840. The number of ether oxygens (including phenoxy) is 1. The zero-order valence-corrected chi connectivity index (χ0v) is 65.0. The predicted molar refractivity (Wildman–Crippen MR) is 385 cm³/mol. The summed E-state index contributed by atoms with van der Waals surface area (Å²) >= 11 is 6.44. The fourth-order valence-electron chi connectivity index (χ4n) is 17.0. The van der Waals surface area contributed by atoms with Gasteiger partial charge in [-0.25, -0.2) is 0 Å². The molecule has 104 heavy (non-hydrogen) atoms. The summed E-state index contributed by atoms with van der Waals surface area (Å²) in [5.41, 5.74) is -1.56. The van der Waals surface area contributed by atoms with Crippen LogP contribution >= 0.6 is 11.6 Å². The van der Waals surface area contributed by atoms with Crippen LogP contribution < -0.4 is 16.0 Å². The largest absolute Gasteiger partial charge is 0.393 e. The number of nitrogens with one attached hydrogen (secondary N) is 3. The number of nitrogens with zero attached hydrogens (tertiary/aromatic N) is 9. The van der Waals surface area contributed by atoms with Crippen LogP contribution in [-0.4, -0.2) is 276 Å². The summed E-state index contributed by atoms with van der Waals surface area (Å²) < 4.78 is 47.8. The van der Waals surface area contributed by atoms with Crippen LogP contribution in [-0.2, 0) is 62.3 Å². The van der Waals surface area contributed by atoms with Gasteiger partial charge in [-0.1, -0.05) is 106 Å². The van der Waals surface area contributed by atoms with Crippen LogP contribution in [0.5, 0.6) is 0 Å². The van der Waals surface area contributed by atoms with Crippen LogP contribution in [0.4, 0.5) is 13.2 Å². The highest BCUT2D eigenvalue weighted by Gasteiger charge is 2.53. The molecule has 7 rings (SSSR count). The van der Waals surface area contributed by atoms with Gasteiger partial charge in [-0.15, -0.1) is 11.6 Å². The van der Waals surface area contributed by atoms with Crippen LogP contribution in [0, 0.1) is 47.3 Å². The summed E-state index contributed by atoms with van der Waals surface area (Å²) in [6, 6.07) is -8.66. The summed E-state index contributed by atoms with van der Waals surface area (Å²) in [6.45, 7) is 12.5. The first-order valence-electron chi connectivity index (χ1n) is 38.6. The second kappa shape index (κ2) is 38.0. The maximum absolute atomic E-state index is 15.7. The number of rotatable bonds is 13. The number of likely N-dealkylation sites (N-methyl/N-ethyl adjacent to an activating group) is 6. The van der Waals surface area contributed by atoms with Gasteiger partial charge in [0.25, 0.3) is 0 Å². The molecule has 3 N–H and O–H groups in total. The van der Waals surface area contributed by atoms with Gasteiger partial charge in [-0.3, -0.25) is 57.5 Å². The smallest absolute Gasteiger partial charge is 0.378 e. The Morgan fingerprint density at radius 1 is 0.625 bits per heavy atom. The Morgan fingerprint density at radius 2 is 1.24 bits per heavy atom. The molecule has 25 nitrogen and oxygen atoms in total. The molecule has 7 aliphatic rings. The molecule has 0 aromatic carbocycles. The predicted octanol–water partition coefficient (Wildman–Crippen LogP) is 6.21. The normalized spacial score (nSPS) is 30.6. The minimum absolute atomic E-state index is 0.00273. The maximum Gasteiger partial charge on any atom is 0.393 e. The van der Waals surface area contributed by atoms with E-state index in [4.69, 9.17) is 16.3 Å². The number of fused-ring (bicyclic) bond motifs is 1. The molecule has 3 saturated heterocycles. The van der Waals surface area contributed by atoms with E-state index in [0.29, 0.717) is 44.4 Å². The molecule has 11 atom stereocenters. The van der Waals surface area contributed by atoms with Crippen molar-refractivity contribution in [3.63, 3.8) is 0 Å². The van der Waals surface area contributed by atoms with Crippen LogP contribution in [0.25, 0.3) is 0 Å². The topological polar surface area (TPSA) is 279 Å². The number of morpholine rings is 1. The Bertz CT molecular complexity index is 3010. The number of hydrogen-bond donors (Lipinski definition) is 3. The molecule has 1 spiro atoms. The van der Waals surface area contributed by atoms with Crippen molar-refractivity contribution in [1.82, 2.24) is 60.0 Å². The fourth-order valence-corrected chi connectivity index (χ4v) is 17.5. The van der Waals surface area contributed by atoms with Gasteiger partial charge >= 0.3 is 6.18 Å². The summed E-state index contributed by atoms with van der Waals surface area (Å²) in [4.78, 5) is 193. The number of carbonyl (C=O) groups is 12. The second-order valence-corrected chi connectivity index (χ2v) is 33.1. The first-order chi connectivity index (χ1) is 49.0. The van der Waals surface area contributed by atoms with Crippen molar-refractivity contribution in [1.29, 1.82) is 0 Å². The SMILES string of the molecule is CC[C@H](C)[C@@H]1NC(=O)[C@H](CC(C)C)N(C)C(=O)C[C@@H](C(=O)N2CCOCC2)N(C)C(=O)[C@H](C2CCCC2)N(C)C(=O)C2(CCCC2)NC(=O)[C@@H]2CCCN2C(=O)[C@H](CCC2CCC(C(F)(F)F)C(Cl)C2)NC(=O)CN(C)C(=O)[C@H](CC2CCC(C)CC2)N(CC(C)C)C(=O)CN(C)C(=O)CN(C)C1=O. The van der Waals surface area contributed by atoms with Gasteiger partial charge in [-0.05, 0) is 125 Å². The number of alkyl halides is 4. The average molecular weight is 1490 g/mol. The lowest BCUT2D eigenvalue weighted by Gasteiger charge is -2.42. The van der Waals surface area contributed by atoms with Crippen LogP contribution in [0.15, 0.2) is 0 Å².